The van der Waals surface area contributed by atoms with Gasteiger partial charge >= 0.3 is 18.0 Å². The van der Waals surface area contributed by atoms with Crippen molar-refractivity contribution in [2.75, 3.05) is 19.8 Å². The Labute approximate surface area is 174 Å². The Hall–Kier alpha value is -3.61. The van der Waals surface area contributed by atoms with Crippen molar-refractivity contribution in [2.24, 2.45) is 5.92 Å². The average Bonchev–Trinajstić information content (AvgIpc) is 3.07. The number of carbonyl (C=O) groups excluding carboxylic acids is 2. The molecule has 30 heavy (non-hydrogen) atoms. The van der Waals surface area contributed by atoms with Gasteiger partial charge in [-0.2, -0.15) is 0 Å². The highest BCUT2D eigenvalue weighted by Gasteiger charge is 2.29. The van der Waals surface area contributed by atoms with Gasteiger partial charge in [0, 0.05) is 12.5 Å². The van der Waals surface area contributed by atoms with E-state index in [1.807, 2.05) is 48.5 Å². The van der Waals surface area contributed by atoms with Gasteiger partial charge in [0.1, 0.15) is 13.2 Å². The van der Waals surface area contributed by atoms with Crippen molar-refractivity contribution < 1.29 is 29.0 Å². The number of alkyl carbamates (subject to hydrolysis) is 1. The number of hydrogen-bond donors (Lipinski definition) is 2. The van der Waals surface area contributed by atoms with Crippen LogP contribution in [0.25, 0.3) is 11.1 Å². The fourth-order valence-electron chi connectivity index (χ4n) is 3.51. The van der Waals surface area contributed by atoms with Crippen molar-refractivity contribution in [3.05, 3.63) is 72.3 Å². The number of carbonyl (C=O) groups is 3. The normalized spacial score (nSPS) is 12.9. The number of benzene rings is 2. The predicted octanol–water partition coefficient (Wildman–Crippen LogP) is 3.35. The molecule has 3 rings (SSSR count). The van der Waals surface area contributed by atoms with E-state index in [-0.39, 0.29) is 32.1 Å². The summed E-state index contributed by atoms with van der Waals surface area (Å²) >= 11 is 0. The molecule has 7 heteroatoms. The second-order valence-electron chi connectivity index (χ2n) is 6.92. The van der Waals surface area contributed by atoms with Crippen LogP contribution in [0.5, 0.6) is 0 Å². The van der Waals surface area contributed by atoms with Crippen LogP contribution in [0.3, 0.4) is 0 Å². The Morgan fingerprint density at radius 2 is 1.63 bits per heavy atom. The van der Waals surface area contributed by atoms with Crippen molar-refractivity contribution in [3.63, 3.8) is 0 Å². The zero-order chi connectivity index (χ0) is 21.5. The average molecular weight is 409 g/mol. The number of aliphatic carboxylic acids is 1. The number of carboxylic acids is 1. The molecule has 156 valence electrons. The topological polar surface area (TPSA) is 102 Å². The number of ether oxygens (including phenoxy) is 2. The lowest BCUT2D eigenvalue weighted by Crippen LogP contribution is -2.35. The fraction of sp³-hybridized carbons (Fsp3) is 0.261. The second-order valence-corrected chi connectivity index (χ2v) is 6.92. The fourth-order valence-corrected chi connectivity index (χ4v) is 3.51. The van der Waals surface area contributed by atoms with Gasteiger partial charge in [-0.05, 0) is 22.3 Å². The number of fused-ring (bicyclic) bond motifs is 3. The van der Waals surface area contributed by atoms with Crippen molar-refractivity contribution in [3.8, 4) is 11.1 Å². The van der Waals surface area contributed by atoms with E-state index in [1.165, 1.54) is 6.08 Å². The van der Waals surface area contributed by atoms with Crippen LogP contribution in [0.1, 0.15) is 23.5 Å². The van der Waals surface area contributed by atoms with Gasteiger partial charge in [0.25, 0.3) is 0 Å². The van der Waals surface area contributed by atoms with E-state index in [4.69, 9.17) is 9.47 Å². The van der Waals surface area contributed by atoms with Crippen LogP contribution in [0.2, 0.25) is 0 Å². The van der Waals surface area contributed by atoms with Crippen molar-refractivity contribution in [2.45, 2.75) is 12.3 Å². The molecule has 0 unspecified atom stereocenters. The van der Waals surface area contributed by atoms with Gasteiger partial charge in [0.05, 0.1) is 12.3 Å². The first kappa shape index (κ1) is 21.1. The molecule has 2 aromatic rings. The molecule has 0 fully saturated rings. The lowest BCUT2D eigenvalue weighted by atomic mass is 9.98. The predicted molar refractivity (Wildman–Crippen MR) is 110 cm³/mol. The first-order valence-electron chi connectivity index (χ1n) is 9.59. The molecule has 0 aliphatic heterocycles. The summed E-state index contributed by atoms with van der Waals surface area (Å²) in [5, 5.41) is 11.7. The zero-order valence-corrected chi connectivity index (χ0v) is 16.4. The summed E-state index contributed by atoms with van der Waals surface area (Å²) in [7, 11) is 0. The Kier molecular flexibility index (Phi) is 6.85. The molecule has 1 atom stereocenters. The number of hydrogen-bond acceptors (Lipinski definition) is 5. The largest absolute Gasteiger partial charge is 0.481 e. The molecule has 0 bridgehead atoms. The van der Waals surface area contributed by atoms with Gasteiger partial charge in [-0.25, -0.2) is 4.79 Å². The highest BCUT2D eigenvalue weighted by atomic mass is 16.5. The summed E-state index contributed by atoms with van der Waals surface area (Å²) in [4.78, 5) is 35.1. The summed E-state index contributed by atoms with van der Waals surface area (Å²) < 4.78 is 10.2. The Morgan fingerprint density at radius 1 is 1.03 bits per heavy atom. The third-order valence-corrected chi connectivity index (χ3v) is 4.96. The SMILES string of the molecule is C=CCOC(=O)C[C@H](CNC(=O)OCC1c2ccccc2-c2ccccc21)C(=O)O. The molecule has 0 radical (unpaired) electrons. The Morgan fingerprint density at radius 3 is 2.20 bits per heavy atom. The lowest BCUT2D eigenvalue weighted by Gasteiger charge is -2.16. The van der Waals surface area contributed by atoms with Crippen LogP contribution in [0.15, 0.2) is 61.2 Å². The van der Waals surface area contributed by atoms with Crippen LogP contribution in [0, 0.1) is 5.92 Å². The van der Waals surface area contributed by atoms with Crippen molar-refractivity contribution in [1.29, 1.82) is 0 Å². The van der Waals surface area contributed by atoms with E-state index >= 15 is 0 Å². The number of nitrogens with one attached hydrogen (secondary N) is 1. The lowest BCUT2D eigenvalue weighted by molar-refractivity contribution is -0.150. The van der Waals surface area contributed by atoms with Gasteiger partial charge in [-0.15, -0.1) is 0 Å². The van der Waals surface area contributed by atoms with Gasteiger partial charge in [-0.3, -0.25) is 9.59 Å². The minimum atomic E-state index is -1.20. The first-order valence-corrected chi connectivity index (χ1v) is 9.59. The molecule has 2 N–H and O–H groups in total. The third kappa shape index (κ3) is 4.86. The minimum absolute atomic E-state index is 0.00494. The summed E-state index contributed by atoms with van der Waals surface area (Å²) in [6.07, 6.45) is 0.303. The summed E-state index contributed by atoms with van der Waals surface area (Å²) in [5.41, 5.74) is 4.40. The maximum atomic E-state index is 12.2. The van der Waals surface area contributed by atoms with E-state index in [2.05, 4.69) is 11.9 Å². The monoisotopic (exact) mass is 409 g/mol. The van der Waals surface area contributed by atoms with E-state index in [0.717, 1.165) is 22.3 Å². The molecular formula is C23H23NO6. The summed E-state index contributed by atoms with van der Waals surface area (Å²) in [5.74, 6) is -3.07. The molecule has 0 spiro atoms. The van der Waals surface area contributed by atoms with E-state index in [9.17, 15) is 19.5 Å². The van der Waals surface area contributed by atoms with Gasteiger partial charge < -0.3 is 19.9 Å². The molecule has 0 aromatic heterocycles. The molecule has 1 aliphatic carbocycles. The van der Waals surface area contributed by atoms with Crippen LogP contribution in [-0.2, 0) is 19.1 Å². The number of rotatable bonds is 9. The molecule has 2 aromatic carbocycles. The zero-order valence-electron chi connectivity index (χ0n) is 16.4. The smallest absolute Gasteiger partial charge is 0.407 e. The van der Waals surface area contributed by atoms with Gasteiger partial charge in [-0.1, -0.05) is 61.2 Å². The highest BCUT2D eigenvalue weighted by molar-refractivity contribution is 5.80. The first-order chi connectivity index (χ1) is 14.5. The second kappa shape index (κ2) is 9.73. The van der Waals surface area contributed by atoms with Crippen LogP contribution in [0.4, 0.5) is 4.79 Å². The van der Waals surface area contributed by atoms with Crippen LogP contribution >= 0.6 is 0 Å². The number of esters is 1. The molecule has 0 saturated heterocycles. The van der Waals surface area contributed by atoms with Crippen molar-refractivity contribution >= 4 is 18.0 Å². The molecule has 0 saturated carbocycles. The summed E-state index contributed by atoms with van der Waals surface area (Å²) in [6.45, 7) is 3.31. The number of amides is 1. The van der Waals surface area contributed by atoms with Crippen molar-refractivity contribution in [1.82, 2.24) is 5.32 Å². The molecule has 1 amide bonds. The standard InChI is InChI=1S/C23H23NO6/c1-2-11-29-21(25)12-15(22(26)27)13-24-23(28)30-14-20-18-9-5-3-7-16(18)17-8-4-6-10-19(17)20/h2-10,15,20H,1,11-14H2,(H,24,28)(H,26,27)/t15-/m1/s1. The van der Waals surface area contributed by atoms with E-state index < -0.39 is 23.9 Å². The Balaban J connectivity index is 1.56. The molecular weight excluding hydrogens is 386 g/mol. The van der Waals surface area contributed by atoms with E-state index in [0.29, 0.717) is 0 Å². The highest BCUT2D eigenvalue weighted by Crippen LogP contribution is 2.44. The summed E-state index contributed by atoms with van der Waals surface area (Å²) in [6, 6.07) is 15.9. The molecule has 0 heterocycles. The maximum Gasteiger partial charge on any atom is 0.407 e. The van der Waals surface area contributed by atoms with E-state index in [1.54, 1.807) is 0 Å². The Bertz CT molecular complexity index is 909. The third-order valence-electron chi connectivity index (χ3n) is 4.96. The molecule has 7 nitrogen and oxygen atoms in total. The minimum Gasteiger partial charge on any atom is -0.481 e. The molecule has 1 aliphatic rings. The van der Waals surface area contributed by atoms with Gasteiger partial charge in [0.15, 0.2) is 0 Å². The number of carboxylic acid groups (broad SMARTS) is 1. The quantitative estimate of drug-likeness (QED) is 0.486. The van der Waals surface area contributed by atoms with Crippen LogP contribution in [-0.4, -0.2) is 42.9 Å². The maximum absolute atomic E-state index is 12.2. The van der Waals surface area contributed by atoms with Gasteiger partial charge in [0.2, 0.25) is 0 Å². The van der Waals surface area contributed by atoms with Crippen LogP contribution < -0.4 is 5.32 Å².